The summed E-state index contributed by atoms with van der Waals surface area (Å²) in [5, 5.41) is 13.1. The Hall–Kier alpha value is -3.46. The zero-order valence-corrected chi connectivity index (χ0v) is 14.6. The molecule has 0 bridgehead atoms. The van der Waals surface area contributed by atoms with Crippen molar-refractivity contribution in [3.63, 3.8) is 0 Å². The van der Waals surface area contributed by atoms with E-state index in [2.05, 4.69) is 39.6 Å². The molecule has 4 aromatic rings. The van der Waals surface area contributed by atoms with Crippen LogP contribution in [0.5, 0.6) is 0 Å². The molecule has 0 radical (unpaired) electrons. The molecule has 128 valence electrons. The molecular formula is C20H17N5O. The fourth-order valence-electron chi connectivity index (χ4n) is 3.11. The zero-order chi connectivity index (χ0) is 18.1. The molecule has 0 aliphatic heterocycles. The fourth-order valence-corrected chi connectivity index (χ4v) is 3.11. The van der Waals surface area contributed by atoms with Crippen molar-refractivity contribution in [1.82, 2.24) is 19.7 Å². The number of fused-ring (bicyclic) bond motifs is 1. The third kappa shape index (κ3) is 2.64. The average Bonchev–Trinajstić information content (AvgIpc) is 3.31. The van der Waals surface area contributed by atoms with Gasteiger partial charge in [0.25, 0.3) is 5.89 Å². The Kier molecular flexibility index (Phi) is 3.98. The van der Waals surface area contributed by atoms with E-state index >= 15 is 0 Å². The van der Waals surface area contributed by atoms with E-state index in [9.17, 15) is 0 Å². The molecule has 2 aromatic carbocycles. The van der Waals surface area contributed by atoms with Crippen LogP contribution in [0.4, 0.5) is 0 Å². The standard InChI is InChI=1S/C20H17N5O/c1-3-18-22-16-9-8-14(11-17(16)25(18)4-2)19-23-20(26-24-19)15-7-5-6-13(10-15)12-21/h5-11H,3-4H2,1-2H3. The number of benzene rings is 2. The van der Waals surface area contributed by atoms with Crippen molar-refractivity contribution < 1.29 is 4.52 Å². The van der Waals surface area contributed by atoms with Gasteiger partial charge in [-0.3, -0.25) is 0 Å². The zero-order valence-electron chi connectivity index (χ0n) is 14.6. The maximum absolute atomic E-state index is 9.04. The molecule has 0 aliphatic rings. The Balaban J connectivity index is 1.76. The van der Waals surface area contributed by atoms with Crippen molar-refractivity contribution in [1.29, 1.82) is 5.26 Å². The summed E-state index contributed by atoms with van der Waals surface area (Å²) in [5.41, 5.74) is 4.21. The summed E-state index contributed by atoms with van der Waals surface area (Å²) in [6.45, 7) is 5.08. The number of nitriles is 1. The van der Waals surface area contributed by atoms with Crippen LogP contribution < -0.4 is 0 Å². The van der Waals surface area contributed by atoms with Gasteiger partial charge in [-0.25, -0.2) is 4.98 Å². The summed E-state index contributed by atoms with van der Waals surface area (Å²) in [5.74, 6) is 1.99. The quantitative estimate of drug-likeness (QED) is 0.554. The number of aromatic nitrogens is 4. The van der Waals surface area contributed by atoms with Crippen molar-refractivity contribution in [2.24, 2.45) is 0 Å². The molecule has 6 heteroatoms. The van der Waals surface area contributed by atoms with Gasteiger partial charge >= 0.3 is 0 Å². The first-order valence-electron chi connectivity index (χ1n) is 8.57. The second-order valence-electron chi connectivity index (χ2n) is 5.95. The molecule has 6 nitrogen and oxygen atoms in total. The van der Waals surface area contributed by atoms with E-state index in [1.807, 2.05) is 24.3 Å². The number of aryl methyl sites for hydroxylation is 2. The summed E-state index contributed by atoms with van der Waals surface area (Å²) in [7, 11) is 0. The Morgan fingerprint density at radius 2 is 1.96 bits per heavy atom. The molecule has 0 fully saturated rings. The Bertz CT molecular complexity index is 1130. The minimum absolute atomic E-state index is 0.399. The monoisotopic (exact) mass is 343 g/mol. The van der Waals surface area contributed by atoms with E-state index in [1.165, 1.54) is 0 Å². The predicted octanol–water partition coefficient (Wildman–Crippen LogP) is 4.21. The summed E-state index contributed by atoms with van der Waals surface area (Å²) in [4.78, 5) is 9.18. The Morgan fingerprint density at radius 3 is 2.73 bits per heavy atom. The number of hydrogen-bond acceptors (Lipinski definition) is 5. The second kappa shape index (κ2) is 6.45. The Morgan fingerprint density at radius 1 is 1.08 bits per heavy atom. The molecule has 0 atom stereocenters. The maximum atomic E-state index is 9.04. The molecule has 0 unspecified atom stereocenters. The van der Waals surface area contributed by atoms with Gasteiger partial charge in [-0.2, -0.15) is 10.2 Å². The topological polar surface area (TPSA) is 80.5 Å². The highest BCUT2D eigenvalue weighted by Gasteiger charge is 2.14. The summed E-state index contributed by atoms with van der Waals surface area (Å²) in [6.07, 6.45) is 0.888. The largest absolute Gasteiger partial charge is 0.334 e. The summed E-state index contributed by atoms with van der Waals surface area (Å²) in [6, 6.07) is 15.2. The SMILES string of the molecule is CCc1nc2ccc(-c3noc(-c4cccc(C#N)c4)n3)cc2n1CC. The molecule has 4 rings (SSSR count). The van der Waals surface area contributed by atoms with Gasteiger partial charge in [0, 0.05) is 24.1 Å². The molecule has 26 heavy (non-hydrogen) atoms. The van der Waals surface area contributed by atoms with Crippen LogP contribution in [-0.2, 0) is 13.0 Å². The lowest BCUT2D eigenvalue weighted by Gasteiger charge is -2.04. The first-order chi connectivity index (χ1) is 12.7. The van der Waals surface area contributed by atoms with Crippen molar-refractivity contribution in [3.05, 3.63) is 53.9 Å². The number of imidazole rings is 1. The number of rotatable bonds is 4. The number of nitrogens with zero attached hydrogens (tertiary/aromatic N) is 5. The number of hydrogen-bond donors (Lipinski definition) is 0. The smallest absolute Gasteiger partial charge is 0.258 e. The molecule has 2 aromatic heterocycles. The third-order valence-corrected chi connectivity index (χ3v) is 4.38. The van der Waals surface area contributed by atoms with E-state index in [4.69, 9.17) is 9.78 Å². The van der Waals surface area contributed by atoms with E-state index < -0.39 is 0 Å². The molecule has 0 N–H and O–H groups in total. The van der Waals surface area contributed by atoms with E-state index in [1.54, 1.807) is 18.2 Å². The molecule has 0 amide bonds. The van der Waals surface area contributed by atoms with Crippen LogP contribution in [0.15, 0.2) is 47.0 Å². The normalized spacial score (nSPS) is 11.0. The molecule has 0 aliphatic carbocycles. The van der Waals surface area contributed by atoms with Crippen LogP contribution in [0, 0.1) is 11.3 Å². The van der Waals surface area contributed by atoms with Gasteiger partial charge < -0.3 is 9.09 Å². The molecule has 0 spiro atoms. The molecule has 2 heterocycles. The fraction of sp³-hybridized carbons (Fsp3) is 0.200. The first kappa shape index (κ1) is 16.0. The lowest BCUT2D eigenvalue weighted by Crippen LogP contribution is -1.99. The van der Waals surface area contributed by atoms with Crippen LogP contribution in [0.3, 0.4) is 0 Å². The molecular weight excluding hydrogens is 326 g/mol. The van der Waals surface area contributed by atoms with Crippen molar-refractivity contribution in [3.8, 4) is 28.9 Å². The minimum atomic E-state index is 0.399. The van der Waals surface area contributed by atoms with Crippen LogP contribution in [0.1, 0.15) is 25.2 Å². The maximum Gasteiger partial charge on any atom is 0.258 e. The first-order valence-corrected chi connectivity index (χ1v) is 8.57. The van der Waals surface area contributed by atoms with E-state index in [0.717, 1.165) is 41.0 Å². The lowest BCUT2D eigenvalue weighted by molar-refractivity contribution is 0.432. The van der Waals surface area contributed by atoms with Crippen molar-refractivity contribution in [2.45, 2.75) is 26.8 Å². The minimum Gasteiger partial charge on any atom is -0.334 e. The second-order valence-corrected chi connectivity index (χ2v) is 5.95. The predicted molar refractivity (Wildman–Crippen MR) is 98.2 cm³/mol. The average molecular weight is 343 g/mol. The van der Waals surface area contributed by atoms with Gasteiger partial charge in [0.1, 0.15) is 5.82 Å². The van der Waals surface area contributed by atoms with Gasteiger partial charge in [0.15, 0.2) is 0 Å². The highest BCUT2D eigenvalue weighted by molar-refractivity contribution is 5.81. The van der Waals surface area contributed by atoms with Gasteiger partial charge in [-0.15, -0.1) is 0 Å². The Labute approximate surface area is 150 Å². The van der Waals surface area contributed by atoms with Crippen molar-refractivity contribution >= 4 is 11.0 Å². The van der Waals surface area contributed by atoms with Crippen LogP contribution in [0.25, 0.3) is 33.9 Å². The molecule has 0 saturated heterocycles. The van der Waals surface area contributed by atoms with Gasteiger partial charge in [0.2, 0.25) is 5.82 Å². The molecule has 0 saturated carbocycles. The van der Waals surface area contributed by atoms with Gasteiger partial charge in [-0.05, 0) is 43.3 Å². The highest BCUT2D eigenvalue weighted by atomic mass is 16.5. The van der Waals surface area contributed by atoms with Crippen LogP contribution in [-0.4, -0.2) is 19.7 Å². The van der Waals surface area contributed by atoms with E-state index in [0.29, 0.717) is 17.3 Å². The summed E-state index contributed by atoms with van der Waals surface area (Å²) >= 11 is 0. The van der Waals surface area contributed by atoms with Crippen LogP contribution >= 0.6 is 0 Å². The lowest BCUT2D eigenvalue weighted by atomic mass is 10.1. The van der Waals surface area contributed by atoms with E-state index in [-0.39, 0.29) is 0 Å². The van der Waals surface area contributed by atoms with Gasteiger partial charge in [0.05, 0.1) is 22.7 Å². The third-order valence-electron chi connectivity index (χ3n) is 4.38. The summed E-state index contributed by atoms with van der Waals surface area (Å²) < 4.78 is 7.61. The highest BCUT2D eigenvalue weighted by Crippen LogP contribution is 2.26. The van der Waals surface area contributed by atoms with Gasteiger partial charge in [-0.1, -0.05) is 18.1 Å². The van der Waals surface area contributed by atoms with Crippen molar-refractivity contribution in [2.75, 3.05) is 0 Å². The van der Waals surface area contributed by atoms with Crippen LogP contribution in [0.2, 0.25) is 0 Å².